The lowest BCUT2D eigenvalue weighted by molar-refractivity contribution is 0.387. The van der Waals surface area contributed by atoms with Gasteiger partial charge in [-0.25, -0.2) is 10.4 Å². The van der Waals surface area contributed by atoms with E-state index in [2.05, 4.69) is 20.6 Å². The minimum atomic E-state index is -0.261. The van der Waals surface area contributed by atoms with Crippen molar-refractivity contribution in [3.8, 4) is 0 Å². The second-order valence-electron chi connectivity index (χ2n) is 2.02. The smallest absolute Gasteiger partial charge is 0.292 e. The van der Waals surface area contributed by atoms with E-state index in [4.69, 9.17) is 4.52 Å². The van der Waals surface area contributed by atoms with E-state index in [1.54, 1.807) is 6.07 Å². The zero-order valence-electron chi connectivity index (χ0n) is 5.47. The van der Waals surface area contributed by atoms with E-state index in [-0.39, 0.29) is 5.56 Å². The van der Waals surface area contributed by atoms with Crippen LogP contribution in [-0.4, -0.2) is 20.6 Å². The van der Waals surface area contributed by atoms with Crippen molar-refractivity contribution in [2.24, 2.45) is 0 Å². The fourth-order valence-corrected chi connectivity index (χ4v) is 0.824. The summed E-state index contributed by atoms with van der Waals surface area (Å²) in [5.41, 5.74) is -0.261. The average molecular weight is 154 g/mol. The number of nitrogens with one attached hydrogen (secondary N) is 4. The van der Waals surface area contributed by atoms with Crippen LogP contribution >= 0.6 is 0 Å². The van der Waals surface area contributed by atoms with Gasteiger partial charge in [0.1, 0.15) is 6.26 Å². The van der Waals surface area contributed by atoms with Crippen molar-refractivity contribution in [1.29, 1.82) is 0 Å². The van der Waals surface area contributed by atoms with E-state index < -0.39 is 0 Å². The van der Waals surface area contributed by atoms with Gasteiger partial charge >= 0.3 is 0 Å². The zero-order chi connectivity index (χ0) is 7.68. The van der Waals surface area contributed by atoms with Crippen LogP contribution in [-0.2, 0) is 0 Å². The van der Waals surface area contributed by atoms with Crippen molar-refractivity contribution in [2.45, 2.75) is 0 Å². The molecule has 0 fully saturated rings. The first-order valence-electron chi connectivity index (χ1n) is 3.02. The Morgan fingerprint density at radius 1 is 1.36 bits per heavy atom. The minimum absolute atomic E-state index is 0.261. The maximum atomic E-state index is 11.0. The summed E-state index contributed by atoms with van der Waals surface area (Å²) in [7, 11) is 0. The van der Waals surface area contributed by atoms with Gasteiger partial charge in [0.25, 0.3) is 5.56 Å². The molecular formula is C5H6N4O2. The Balaban J connectivity index is 3.18. The molecule has 6 nitrogen and oxygen atoms in total. The third-order valence-electron chi connectivity index (χ3n) is 1.33. The van der Waals surface area contributed by atoms with Crippen molar-refractivity contribution in [2.75, 3.05) is 0 Å². The lowest BCUT2D eigenvalue weighted by atomic mass is 10.5. The number of hydrogen-bond donors (Lipinski definition) is 4. The van der Waals surface area contributed by atoms with E-state index >= 15 is 0 Å². The van der Waals surface area contributed by atoms with Crippen LogP contribution in [0.25, 0.3) is 0 Å². The quantitative estimate of drug-likeness (QED) is 0.423. The number of aromatic nitrogens is 4. The van der Waals surface area contributed by atoms with Crippen molar-refractivity contribution >= 4 is 0 Å². The predicted molar refractivity (Wildman–Crippen MR) is 35.3 cm³/mol. The van der Waals surface area contributed by atoms with E-state index in [0.29, 0.717) is 10.7 Å². The molecule has 0 saturated carbocycles. The van der Waals surface area contributed by atoms with Crippen LogP contribution in [0.15, 0.2) is 21.6 Å². The van der Waals surface area contributed by atoms with Gasteiger partial charge in [0, 0.05) is 6.07 Å². The molecule has 0 aliphatic carbocycles. The monoisotopic (exact) mass is 154 g/mol. The second kappa shape index (κ2) is 2.08. The van der Waals surface area contributed by atoms with E-state index in [9.17, 15) is 4.79 Å². The Bertz CT molecular complexity index is 472. The van der Waals surface area contributed by atoms with E-state index in [0.717, 1.165) is 0 Å². The number of rotatable bonds is 0. The molecule has 4 N–H and O–H groups in total. The first-order chi connectivity index (χ1) is 5.38. The highest BCUT2D eigenvalue weighted by Crippen LogP contribution is 1.82. The molecule has 0 amide bonds. The van der Waals surface area contributed by atoms with Crippen LogP contribution in [0, 0.1) is 10.7 Å². The number of H-pyrrole nitrogens is 4. The van der Waals surface area contributed by atoms with Gasteiger partial charge < -0.3 is 4.52 Å². The molecule has 0 saturated heterocycles. The van der Waals surface area contributed by atoms with Gasteiger partial charge in [-0.05, 0) is 0 Å². The minimum Gasteiger partial charge on any atom is -0.390 e. The molecule has 0 spiro atoms. The third-order valence-corrected chi connectivity index (χ3v) is 1.33. The zero-order valence-corrected chi connectivity index (χ0v) is 5.47. The highest BCUT2D eigenvalue weighted by atomic mass is 16.4. The summed E-state index contributed by atoms with van der Waals surface area (Å²) in [5, 5.41) is 11.0. The van der Waals surface area contributed by atoms with Crippen molar-refractivity contribution < 1.29 is 4.52 Å². The van der Waals surface area contributed by atoms with Gasteiger partial charge in [0.15, 0.2) is 5.35 Å². The molecule has 0 bridgehead atoms. The van der Waals surface area contributed by atoms with Crippen LogP contribution in [0.1, 0.15) is 0 Å². The van der Waals surface area contributed by atoms with E-state index in [1.165, 1.54) is 6.26 Å². The van der Waals surface area contributed by atoms with Gasteiger partial charge in [-0.15, -0.1) is 0 Å². The van der Waals surface area contributed by atoms with Crippen molar-refractivity contribution in [3.63, 3.8) is 0 Å². The second-order valence-corrected chi connectivity index (χ2v) is 2.02. The summed E-state index contributed by atoms with van der Waals surface area (Å²) in [5.74, 6) is 0. The fraction of sp³-hybridized carbons (Fsp3) is 0. The molecule has 0 radical (unpaired) electrons. The molecule has 11 heavy (non-hydrogen) atoms. The fourth-order valence-electron chi connectivity index (χ4n) is 0.824. The Kier molecular flexibility index (Phi) is 1.12. The SMILES string of the molecule is O=c1[nH][nH][nH]c2cco[nH]c1=2. The molecule has 0 aromatic carbocycles. The molecule has 0 aromatic rings. The molecule has 0 atom stereocenters. The standard InChI is InChI=1S/C5H6N4O2/c10-5-4-3(6-9-7-5)1-2-11-8-4/h1-2,6,8-9H,(H,7,10). The highest BCUT2D eigenvalue weighted by molar-refractivity contribution is 4.88. The van der Waals surface area contributed by atoms with Crippen molar-refractivity contribution in [3.05, 3.63) is 33.4 Å². The molecule has 58 valence electrons. The molecule has 6 heteroatoms. The van der Waals surface area contributed by atoms with Gasteiger partial charge in [-0.1, -0.05) is 0 Å². The number of aromatic amines is 4. The maximum Gasteiger partial charge on any atom is 0.292 e. The normalized spacial score (nSPS) is 10.2. The molecule has 2 aliphatic heterocycles. The van der Waals surface area contributed by atoms with E-state index in [1.807, 2.05) is 0 Å². The Morgan fingerprint density at radius 2 is 2.27 bits per heavy atom. The highest BCUT2D eigenvalue weighted by Gasteiger charge is 1.90. The van der Waals surface area contributed by atoms with Crippen LogP contribution in [0.4, 0.5) is 0 Å². The Labute approximate surface area is 59.5 Å². The third kappa shape index (κ3) is 0.841. The molecule has 0 unspecified atom stereocenters. The van der Waals surface area contributed by atoms with Gasteiger partial charge in [0.05, 0.1) is 5.35 Å². The molecular weight excluding hydrogens is 148 g/mol. The van der Waals surface area contributed by atoms with Crippen LogP contribution in [0.3, 0.4) is 0 Å². The van der Waals surface area contributed by atoms with Gasteiger partial charge in [-0.3, -0.25) is 15.0 Å². The van der Waals surface area contributed by atoms with Gasteiger partial charge in [-0.2, -0.15) is 0 Å². The predicted octanol–water partition coefficient (Wildman–Crippen LogP) is -0.199. The van der Waals surface area contributed by atoms with Crippen LogP contribution in [0.2, 0.25) is 0 Å². The lowest BCUT2D eigenvalue weighted by Gasteiger charge is -1.90. The maximum absolute atomic E-state index is 11.0. The summed E-state index contributed by atoms with van der Waals surface area (Å²) in [6.07, 6.45) is 1.44. The molecule has 2 rings (SSSR count). The number of hydrogen-bond acceptors (Lipinski definition) is 2. The molecule has 0 aromatic heterocycles. The first-order valence-corrected chi connectivity index (χ1v) is 3.02. The largest absolute Gasteiger partial charge is 0.390 e. The summed E-state index contributed by atoms with van der Waals surface area (Å²) in [4.78, 5) is 11.0. The Morgan fingerprint density at radius 3 is 3.09 bits per heavy atom. The summed E-state index contributed by atoms with van der Waals surface area (Å²) in [6, 6.07) is 1.64. The topological polar surface area (TPSA) is 93.4 Å². The van der Waals surface area contributed by atoms with Gasteiger partial charge in [0.2, 0.25) is 0 Å². The van der Waals surface area contributed by atoms with Crippen LogP contribution in [0.5, 0.6) is 0 Å². The van der Waals surface area contributed by atoms with Crippen LogP contribution < -0.4 is 5.56 Å². The Hall–Kier alpha value is -1.85. The lowest BCUT2D eigenvalue weighted by Crippen LogP contribution is -2.12. The summed E-state index contributed by atoms with van der Waals surface area (Å²) in [6.45, 7) is 0. The van der Waals surface area contributed by atoms with Crippen molar-refractivity contribution in [1.82, 2.24) is 20.6 Å². The first kappa shape index (κ1) is 5.90. The average Bonchev–Trinajstić information content (AvgIpc) is 2.06. The summed E-state index contributed by atoms with van der Waals surface area (Å²) < 4.78 is 4.69. The molecule has 2 aliphatic rings. The summed E-state index contributed by atoms with van der Waals surface area (Å²) >= 11 is 0. The molecule has 2 heterocycles.